The SMILES string of the molecule is COc1ccc(C(OC[C@H]2O[C@@H]3[C@H](C(=O)c4ccccc4C(=O)N4C(=O)CC=[N+]3C4=O)[C@@H]2O)(c2ccccc2)c2ccc(OC)cc2)cc1. The van der Waals surface area contributed by atoms with Crippen molar-refractivity contribution in [2.45, 2.75) is 30.5 Å². The molecule has 4 atom stereocenters. The normalized spacial score (nSPS) is 22.0. The maximum Gasteiger partial charge on any atom is 0.510 e. The molecule has 0 radical (unpaired) electrons. The lowest BCUT2D eigenvalue weighted by molar-refractivity contribution is -0.534. The van der Waals surface area contributed by atoms with Gasteiger partial charge in [-0.3, -0.25) is 4.79 Å². The number of benzene rings is 4. The first-order valence-electron chi connectivity index (χ1n) is 15.8. The van der Waals surface area contributed by atoms with Crippen LogP contribution in [0.5, 0.6) is 11.5 Å². The Morgan fingerprint density at radius 3 is 1.92 bits per heavy atom. The molecule has 0 aliphatic carbocycles. The van der Waals surface area contributed by atoms with Gasteiger partial charge in [0.1, 0.15) is 35.5 Å². The fourth-order valence-electron chi connectivity index (χ4n) is 6.85. The van der Waals surface area contributed by atoms with Crippen LogP contribution in [0.15, 0.2) is 103 Å². The lowest BCUT2D eigenvalue weighted by Gasteiger charge is -2.37. The summed E-state index contributed by atoms with van der Waals surface area (Å²) in [6.07, 6.45) is -2.84. The Labute approximate surface area is 281 Å². The minimum atomic E-state index is -1.45. The second kappa shape index (κ2) is 12.8. The zero-order valence-electron chi connectivity index (χ0n) is 26.7. The predicted molar refractivity (Wildman–Crippen MR) is 175 cm³/mol. The molecule has 2 bridgehead atoms. The molecule has 4 aromatic carbocycles. The third-order valence-corrected chi connectivity index (χ3v) is 9.33. The Bertz CT molecular complexity index is 1910. The van der Waals surface area contributed by atoms with Crippen molar-refractivity contribution >= 4 is 29.8 Å². The Morgan fingerprint density at radius 2 is 1.33 bits per heavy atom. The molecule has 3 aliphatic rings. The Balaban J connectivity index is 1.32. The Kier molecular flexibility index (Phi) is 8.41. The van der Waals surface area contributed by atoms with Gasteiger partial charge in [-0.05, 0) is 47.0 Å². The van der Waals surface area contributed by atoms with Crippen LogP contribution in [0.25, 0.3) is 0 Å². The number of hydrogen-bond donors (Lipinski definition) is 1. The van der Waals surface area contributed by atoms with E-state index in [0.717, 1.165) is 21.3 Å². The van der Waals surface area contributed by atoms with Gasteiger partial charge in [0, 0.05) is 5.56 Å². The molecule has 11 heteroatoms. The summed E-state index contributed by atoms with van der Waals surface area (Å²) >= 11 is 0. The molecule has 4 amide bonds. The van der Waals surface area contributed by atoms with Crippen LogP contribution in [0.2, 0.25) is 0 Å². The van der Waals surface area contributed by atoms with Gasteiger partial charge in [0.25, 0.3) is 0 Å². The van der Waals surface area contributed by atoms with Crippen molar-refractivity contribution in [1.82, 2.24) is 4.90 Å². The highest BCUT2D eigenvalue weighted by Gasteiger charge is 2.58. The molecular formula is C38H33N2O9+. The van der Waals surface area contributed by atoms with Crippen LogP contribution in [0, 0.1) is 5.92 Å². The summed E-state index contributed by atoms with van der Waals surface area (Å²) in [4.78, 5) is 54.6. The number of fused-ring (bicyclic) bond motifs is 5. The highest BCUT2D eigenvalue weighted by Crippen LogP contribution is 2.43. The zero-order valence-corrected chi connectivity index (χ0v) is 26.7. The number of nitrogens with zero attached hydrogens (tertiary/aromatic N) is 2. The third kappa shape index (κ3) is 5.32. The summed E-state index contributed by atoms with van der Waals surface area (Å²) in [5.74, 6) is -2.21. The molecule has 0 spiro atoms. The number of ketones is 1. The number of urea groups is 1. The lowest BCUT2D eigenvalue weighted by atomic mass is 9.80. The van der Waals surface area contributed by atoms with E-state index >= 15 is 0 Å². The van der Waals surface area contributed by atoms with Crippen LogP contribution in [0.4, 0.5) is 4.79 Å². The van der Waals surface area contributed by atoms with Crippen LogP contribution in [0.1, 0.15) is 43.8 Å². The molecule has 4 aromatic rings. The molecule has 49 heavy (non-hydrogen) atoms. The smallest absolute Gasteiger partial charge is 0.497 e. The van der Waals surface area contributed by atoms with Crippen molar-refractivity contribution in [2.75, 3.05) is 20.8 Å². The molecule has 1 fully saturated rings. The van der Waals surface area contributed by atoms with E-state index in [1.807, 2.05) is 78.9 Å². The van der Waals surface area contributed by atoms with Crippen molar-refractivity contribution in [3.05, 3.63) is 131 Å². The summed E-state index contributed by atoms with van der Waals surface area (Å²) in [5, 5.41) is 11.9. The van der Waals surface area contributed by atoms with Crippen LogP contribution in [-0.4, -0.2) is 83.7 Å². The Morgan fingerprint density at radius 1 is 0.776 bits per heavy atom. The molecule has 1 N–H and O–H groups in total. The number of aliphatic hydroxyl groups excluding tert-OH is 1. The summed E-state index contributed by atoms with van der Waals surface area (Å²) in [5.41, 5.74) is 0.898. The topological polar surface area (TPSA) is 132 Å². The number of carbonyl (C=O) groups is 4. The van der Waals surface area contributed by atoms with E-state index < -0.39 is 53.6 Å². The molecule has 11 nitrogen and oxygen atoms in total. The third-order valence-electron chi connectivity index (χ3n) is 9.33. The first kappa shape index (κ1) is 32.1. The number of hydrogen-bond acceptors (Lipinski definition) is 9. The highest BCUT2D eigenvalue weighted by atomic mass is 16.6. The summed E-state index contributed by atoms with van der Waals surface area (Å²) < 4.78 is 25.2. The lowest BCUT2D eigenvalue weighted by Crippen LogP contribution is -2.53. The molecule has 7 rings (SSSR count). The van der Waals surface area contributed by atoms with Crippen LogP contribution in [-0.2, 0) is 19.9 Å². The van der Waals surface area contributed by atoms with Gasteiger partial charge in [-0.25, -0.2) is 9.59 Å². The number of methoxy groups -OCH3 is 2. The number of amides is 4. The average molecular weight is 662 g/mol. The van der Waals surface area contributed by atoms with Crippen molar-refractivity contribution < 1.29 is 47.8 Å². The van der Waals surface area contributed by atoms with Crippen molar-refractivity contribution in [3.63, 3.8) is 0 Å². The highest BCUT2D eigenvalue weighted by molar-refractivity contribution is 6.21. The molecule has 1 saturated heterocycles. The maximum atomic E-state index is 14.2. The van der Waals surface area contributed by atoms with Crippen LogP contribution >= 0.6 is 0 Å². The minimum Gasteiger partial charge on any atom is -0.497 e. The molecule has 0 unspecified atom stereocenters. The minimum absolute atomic E-state index is 0.0174. The number of rotatable bonds is 8. The first-order valence-corrected chi connectivity index (χ1v) is 15.8. The Hall–Kier alpha value is -5.49. The fraction of sp³-hybridized carbons (Fsp3) is 0.237. The van der Waals surface area contributed by atoms with Gasteiger partial charge in [0.15, 0.2) is 5.78 Å². The number of Topliss-reactive ketones (excluding diaryl/α,β-unsaturated/α-hetero) is 1. The van der Waals surface area contributed by atoms with E-state index in [-0.39, 0.29) is 24.2 Å². The average Bonchev–Trinajstić information content (AvgIpc) is 3.47. The zero-order chi connectivity index (χ0) is 34.3. The van der Waals surface area contributed by atoms with Gasteiger partial charge in [-0.2, -0.15) is 9.37 Å². The van der Waals surface area contributed by atoms with Gasteiger partial charge >= 0.3 is 17.8 Å². The summed E-state index contributed by atoms with van der Waals surface area (Å²) in [6.45, 7) is -0.223. The second-order valence-electron chi connectivity index (χ2n) is 11.9. The number of imide groups is 3. The maximum absolute atomic E-state index is 14.2. The van der Waals surface area contributed by atoms with Gasteiger partial charge < -0.3 is 24.1 Å². The van der Waals surface area contributed by atoms with E-state index in [0.29, 0.717) is 16.4 Å². The van der Waals surface area contributed by atoms with Crippen molar-refractivity contribution in [2.24, 2.45) is 5.92 Å². The number of aliphatic hydroxyl groups is 1. The van der Waals surface area contributed by atoms with E-state index in [4.69, 9.17) is 18.9 Å². The van der Waals surface area contributed by atoms with Gasteiger partial charge in [0.05, 0.1) is 38.7 Å². The number of carbonyl (C=O) groups excluding carboxylic acids is 4. The first-order chi connectivity index (χ1) is 23.8. The quantitative estimate of drug-likeness (QED) is 0.168. The van der Waals surface area contributed by atoms with Crippen LogP contribution < -0.4 is 9.47 Å². The summed E-state index contributed by atoms with van der Waals surface area (Å²) in [7, 11) is 3.17. The molecule has 248 valence electrons. The monoisotopic (exact) mass is 661 g/mol. The molecule has 0 aromatic heterocycles. The molecular weight excluding hydrogens is 628 g/mol. The molecule has 3 aliphatic heterocycles. The fourth-order valence-corrected chi connectivity index (χ4v) is 6.85. The van der Waals surface area contributed by atoms with Crippen molar-refractivity contribution in [1.29, 1.82) is 0 Å². The molecule has 3 heterocycles. The van der Waals surface area contributed by atoms with Gasteiger partial charge in [-0.15, -0.1) is 0 Å². The van der Waals surface area contributed by atoms with E-state index in [1.165, 1.54) is 18.3 Å². The second-order valence-corrected chi connectivity index (χ2v) is 11.9. The molecule has 0 saturated carbocycles. The largest absolute Gasteiger partial charge is 0.510 e. The standard InChI is InChI=1S/C38H33N2O9/c1-46-26-16-12-24(13-17-26)38(23-8-4-3-5-9-23,25-14-18-27(47-2)19-15-25)48-22-30-34(43)32-33(42)28-10-6-7-11-29(28)35(44)40-31(41)20-21-39(37(40)45)36(32)49-30/h3-19,21,30,32,34,36,43H,20,22H2,1-2H3/q+1/t30-,32-,34-,36-/m1/s1. The predicted octanol–water partition coefficient (Wildman–Crippen LogP) is 4.19. The van der Waals surface area contributed by atoms with E-state index in [2.05, 4.69) is 0 Å². The number of ether oxygens (including phenoxy) is 4. The van der Waals surface area contributed by atoms with E-state index in [9.17, 15) is 24.3 Å². The summed E-state index contributed by atoms with van der Waals surface area (Å²) in [6, 6.07) is 29.4. The van der Waals surface area contributed by atoms with Crippen molar-refractivity contribution in [3.8, 4) is 11.5 Å². The van der Waals surface area contributed by atoms with Gasteiger partial charge in [-0.1, -0.05) is 77.7 Å². The van der Waals surface area contributed by atoms with E-state index in [1.54, 1.807) is 26.4 Å². The van der Waals surface area contributed by atoms with Gasteiger partial charge in [0.2, 0.25) is 6.23 Å². The van der Waals surface area contributed by atoms with Crippen LogP contribution in [0.3, 0.4) is 0 Å².